The van der Waals surface area contributed by atoms with E-state index in [1.54, 1.807) is 0 Å². The highest BCUT2D eigenvalue weighted by Crippen LogP contribution is 2.26. The van der Waals surface area contributed by atoms with Crippen molar-refractivity contribution in [3.8, 4) is 0 Å². The maximum Gasteiger partial charge on any atom is 0.0707 e. The van der Waals surface area contributed by atoms with E-state index in [0.717, 1.165) is 31.7 Å². The smallest absolute Gasteiger partial charge is 0.0707 e. The van der Waals surface area contributed by atoms with Gasteiger partial charge in [0.2, 0.25) is 0 Å². The van der Waals surface area contributed by atoms with E-state index < -0.39 is 0 Å². The molecule has 0 aliphatic carbocycles. The summed E-state index contributed by atoms with van der Waals surface area (Å²) in [6.07, 6.45) is 4.62. The maximum atomic E-state index is 5.84. The lowest BCUT2D eigenvalue weighted by molar-refractivity contribution is -0.0377. The average molecular weight is 232 g/mol. The number of fused-ring (bicyclic) bond motifs is 2. The van der Waals surface area contributed by atoms with Crippen molar-refractivity contribution >= 4 is 5.69 Å². The van der Waals surface area contributed by atoms with Gasteiger partial charge in [0.15, 0.2) is 0 Å². The van der Waals surface area contributed by atoms with Crippen LogP contribution in [0.5, 0.6) is 0 Å². The standard InChI is InChI=1S/C14H20N2O/c15-12-3-1-11(2-4-12)7-8-16-9-13-5-6-14(10-16)17-13/h1-4,13-14H,5-10,15H2. The predicted molar refractivity (Wildman–Crippen MR) is 68.9 cm³/mol. The van der Waals surface area contributed by atoms with Crippen LogP contribution in [0.15, 0.2) is 24.3 Å². The topological polar surface area (TPSA) is 38.5 Å². The fraction of sp³-hybridized carbons (Fsp3) is 0.571. The van der Waals surface area contributed by atoms with Gasteiger partial charge < -0.3 is 10.5 Å². The third-order valence-corrected chi connectivity index (χ3v) is 3.82. The number of benzene rings is 1. The number of hydrogen-bond acceptors (Lipinski definition) is 3. The Morgan fingerprint density at radius 3 is 2.41 bits per heavy atom. The van der Waals surface area contributed by atoms with Gasteiger partial charge in [-0.1, -0.05) is 12.1 Å². The molecule has 2 bridgehead atoms. The van der Waals surface area contributed by atoms with Crippen LogP contribution in [-0.2, 0) is 11.2 Å². The Morgan fingerprint density at radius 1 is 1.12 bits per heavy atom. The molecular formula is C14H20N2O. The quantitative estimate of drug-likeness (QED) is 0.806. The third kappa shape index (κ3) is 2.61. The normalized spacial score (nSPS) is 28.5. The van der Waals surface area contributed by atoms with Crippen LogP contribution in [0.25, 0.3) is 0 Å². The first-order chi connectivity index (χ1) is 8.29. The molecule has 2 aliphatic rings. The molecule has 0 radical (unpaired) electrons. The molecule has 0 aromatic heterocycles. The maximum absolute atomic E-state index is 5.84. The van der Waals surface area contributed by atoms with Gasteiger partial charge in [0, 0.05) is 25.3 Å². The van der Waals surface area contributed by atoms with Crippen molar-refractivity contribution in [3.63, 3.8) is 0 Å². The zero-order valence-electron chi connectivity index (χ0n) is 10.1. The van der Waals surface area contributed by atoms with Crippen LogP contribution in [0, 0.1) is 0 Å². The molecule has 92 valence electrons. The lowest BCUT2D eigenvalue weighted by atomic mass is 10.1. The van der Waals surface area contributed by atoms with Crippen molar-refractivity contribution in [3.05, 3.63) is 29.8 Å². The van der Waals surface area contributed by atoms with Crippen LogP contribution >= 0.6 is 0 Å². The van der Waals surface area contributed by atoms with Crippen LogP contribution < -0.4 is 5.73 Å². The van der Waals surface area contributed by atoms with E-state index in [2.05, 4.69) is 17.0 Å². The number of nitrogens with two attached hydrogens (primary N) is 1. The molecule has 0 spiro atoms. The highest BCUT2D eigenvalue weighted by atomic mass is 16.5. The molecule has 3 heteroatoms. The second-order valence-corrected chi connectivity index (χ2v) is 5.21. The first-order valence-electron chi connectivity index (χ1n) is 6.52. The molecular weight excluding hydrogens is 212 g/mol. The minimum Gasteiger partial charge on any atom is -0.399 e. The molecule has 1 aromatic rings. The summed E-state index contributed by atoms with van der Waals surface area (Å²) in [5, 5.41) is 0. The van der Waals surface area contributed by atoms with E-state index in [1.807, 2.05) is 12.1 Å². The highest BCUT2D eigenvalue weighted by molar-refractivity contribution is 5.39. The second kappa shape index (κ2) is 4.67. The van der Waals surface area contributed by atoms with E-state index in [-0.39, 0.29) is 0 Å². The molecule has 2 aliphatic heterocycles. The molecule has 2 unspecified atom stereocenters. The van der Waals surface area contributed by atoms with Gasteiger partial charge in [0.25, 0.3) is 0 Å². The first kappa shape index (κ1) is 11.1. The summed E-state index contributed by atoms with van der Waals surface area (Å²) in [4.78, 5) is 2.54. The van der Waals surface area contributed by atoms with Crippen molar-refractivity contribution in [2.24, 2.45) is 0 Å². The summed E-state index contributed by atoms with van der Waals surface area (Å²) >= 11 is 0. The monoisotopic (exact) mass is 232 g/mol. The Balaban J connectivity index is 1.52. The molecule has 2 heterocycles. The molecule has 17 heavy (non-hydrogen) atoms. The van der Waals surface area contributed by atoms with Crippen molar-refractivity contribution in [2.45, 2.75) is 31.5 Å². The van der Waals surface area contributed by atoms with Crippen LogP contribution in [0.1, 0.15) is 18.4 Å². The van der Waals surface area contributed by atoms with E-state index in [0.29, 0.717) is 12.2 Å². The molecule has 1 aromatic carbocycles. The summed E-state index contributed by atoms with van der Waals surface area (Å²) in [5.41, 5.74) is 7.90. The van der Waals surface area contributed by atoms with Crippen LogP contribution in [-0.4, -0.2) is 36.7 Å². The van der Waals surface area contributed by atoms with E-state index >= 15 is 0 Å². The molecule has 0 amide bonds. The van der Waals surface area contributed by atoms with Gasteiger partial charge in [-0.2, -0.15) is 0 Å². The van der Waals surface area contributed by atoms with Crippen molar-refractivity contribution in [1.29, 1.82) is 0 Å². The minimum absolute atomic E-state index is 0.500. The van der Waals surface area contributed by atoms with E-state index in [1.165, 1.54) is 18.4 Å². The number of rotatable bonds is 3. The summed E-state index contributed by atoms with van der Waals surface area (Å²) in [6, 6.07) is 8.23. The third-order valence-electron chi connectivity index (χ3n) is 3.82. The molecule has 2 fully saturated rings. The van der Waals surface area contributed by atoms with Crippen LogP contribution in [0.2, 0.25) is 0 Å². The number of nitrogens with zero attached hydrogens (tertiary/aromatic N) is 1. The fourth-order valence-corrected chi connectivity index (χ4v) is 2.85. The molecule has 2 saturated heterocycles. The molecule has 3 nitrogen and oxygen atoms in total. The summed E-state index contributed by atoms with van der Waals surface area (Å²) < 4.78 is 5.84. The van der Waals surface area contributed by atoms with Gasteiger partial charge in [-0.15, -0.1) is 0 Å². The minimum atomic E-state index is 0.500. The van der Waals surface area contributed by atoms with Gasteiger partial charge in [-0.25, -0.2) is 0 Å². The van der Waals surface area contributed by atoms with E-state index in [4.69, 9.17) is 10.5 Å². The largest absolute Gasteiger partial charge is 0.399 e. The lowest BCUT2D eigenvalue weighted by Crippen LogP contribution is -2.43. The Bertz CT molecular complexity index is 364. The SMILES string of the molecule is Nc1ccc(CCN2CC3CCC(C2)O3)cc1. The average Bonchev–Trinajstić information content (AvgIpc) is 2.68. The van der Waals surface area contributed by atoms with Crippen molar-refractivity contribution < 1.29 is 4.74 Å². The lowest BCUT2D eigenvalue weighted by Gasteiger charge is -2.32. The fourth-order valence-electron chi connectivity index (χ4n) is 2.85. The van der Waals surface area contributed by atoms with Crippen LogP contribution in [0.3, 0.4) is 0 Å². The Hall–Kier alpha value is -1.06. The number of likely N-dealkylation sites (tertiary alicyclic amines) is 1. The van der Waals surface area contributed by atoms with Crippen LogP contribution in [0.4, 0.5) is 5.69 Å². The number of anilines is 1. The molecule has 3 rings (SSSR count). The zero-order chi connectivity index (χ0) is 11.7. The Kier molecular flexibility index (Phi) is 3.04. The zero-order valence-corrected chi connectivity index (χ0v) is 10.1. The van der Waals surface area contributed by atoms with Gasteiger partial charge in [-0.3, -0.25) is 4.90 Å². The predicted octanol–water partition coefficient (Wildman–Crippen LogP) is 1.67. The Morgan fingerprint density at radius 2 is 1.76 bits per heavy atom. The molecule has 0 saturated carbocycles. The van der Waals surface area contributed by atoms with Gasteiger partial charge in [0.1, 0.15) is 0 Å². The van der Waals surface area contributed by atoms with Gasteiger partial charge in [0.05, 0.1) is 12.2 Å². The number of morpholine rings is 1. The molecule has 2 atom stereocenters. The highest BCUT2D eigenvalue weighted by Gasteiger charge is 2.33. The van der Waals surface area contributed by atoms with Crippen molar-refractivity contribution in [2.75, 3.05) is 25.4 Å². The summed E-state index contributed by atoms with van der Waals surface area (Å²) in [6.45, 7) is 3.37. The van der Waals surface area contributed by atoms with Crippen molar-refractivity contribution in [1.82, 2.24) is 4.90 Å². The second-order valence-electron chi connectivity index (χ2n) is 5.21. The summed E-state index contributed by atoms with van der Waals surface area (Å²) in [7, 11) is 0. The molecule has 2 N–H and O–H groups in total. The van der Waals surface area contributed by atoms with Gasteiger partial charge in [-0.05, 0) is 37.0 Å². The number of hydrogen-bond donors (Lipinski definition) is 1. The first-order valence-corrected chi connectivity index (χ1v) is 6.52. The van der Waals surface area contributed by atoms with Gasteiger partial charge >= 0.3 is 0 Å². The summed E-state index contributed by atoms with van der Waals surface area (Å²) in [5.74, 6) is 0. The number of ether oxygens (including phenoxy) is 1. The Labute approximate surface area is 103 Å². The number of nitrogen functional groups attached to an aromatic ring is 1. The van der Waals surface area contributed by atoms with E-state index in [9.17, 15) is 0 Å².